The highest BCUT2D eigenvalue weighted by Gasteiger charge is 2.41. The lowest BCUT2D eigenvalue weighted by Crippen LogP contribution is -2.24. The summed E-state index contributed by atoms with van der Waals surface area (Å²) in [5.41, 5.74) is 2.61. The number of Topliss-reactive ketones (excluding diaryl/α,β-unsaturated/α-hetero) is 1. The molecule has 1 atom stereocenters. The van der Waals surface area contributed by atoms with Crippen molar-refractivity contribution < 1.29 is 4.79 Å². The third-order valence-corrected chi connectivity index (χ3v) is 3.25. The molecule has 0 aromatic heterocycles. The Morgan fingerprint density at radius 2 is 2.07 bits per heavy atom. The van der Waals surface area contributed by atoms with Crippen LogP contribution in [-0.2, 0) is 6.42 Å². The minimum Gasteiger partial charge on any atom is -0.293 e. The molecule has 1 aliphatic rings. The molecule has 0 saturated carbocycles. The molecule has 0 aliphatic heterocycles. The van der Waals surface area contributed by atoms with E-state index in [1.54, 1.807) is 0 Å². The smallest absolute Gasteiger partial charge is 0.173 e. The van der Waals surface area contributed by atoms with E-state index in [4.69, 9.17) is 0 Å². The van der Waals surface area contributed by atoms with Gasteiger partial charge in [-0.25, -0.2) is 0 Å². The average Bonchev–Trinajstić information content (AvgIpc) is 2.42. The number of rotatable bonds is 1. The Balaban J connectivity index is 2.54. The molecule has 0 unspecified atom stereocenters. The maximum Gasteiger partial charge on any atom is 0.173 e. The molecule has 0 fully saturated rings. The van der Waals surface area contributed by atoms with Gasteiger partial charge in [0.05, 0.1) is 5.41 Å². The molecule has 1 aromatic rings. The Labute approximate surface area is 84.5 Å². The molecule has 14 heavy (non-hydrogen) atoms. The second-order valence-electron chi connectivity index (χ2n) is 4.28. The van der Waals surface area contributed by atoms with E-state index in [9.17, 15) is 4.79 Å². The number of carbonyl (C=O) groups excluding carboxylic acids is 1. The van der Waals surface area contributed by atoms with Crippen LogP contribution in [0, 0.1) is 5.41 Å². The fourth-order valence-corrected chi connectivity index (χ4v) is 2.00. The molecular formula is C13H14O. The molecule has 0 heterocycles. The SMILES string of the molecule is C=C(C)[C@]1(C)Cc2ccccc2C1=O. The fourth-order valence-electron chi connectivity index (χ4n) is 2.00. The normalized spacial score (nSPS) is 24.9. The lowest BCUT2D eigenvalue weighted by Gasteiger charge is -2.21. The summed E-state index contributed by atoms with van der Waals surface area (Å²) >= 11 is 0. The molecule has 0 spiro atoms. The van der Waals surface area contributed by atoms with Crippen molar-refractivity contribution in [1.82, 2.24) is 0 Å². The van der Waals surface area contributed by atoms with Gasteiger partial charge < -0.3 is 0 Å². The van der Waals surface area contributed by atoms with E-state index in [2.05, 4.69) is 6.58 Å². The van der Waals surface area contributed by atoms with Crippen LogP contribution in [0.15, 0.2) is 36.4 Å². The number of hydrogen-bond acceptors (Lipinski definition) is 1. The van der Waals surface area contributed by atoms with Crippen LogP contribution in [-0.4, -0.2) is 5.78 Å². The first kappa shape index (κ1) is 9.20. The van der Waals surface area contributed by atoms with Crippen molar-refractivity contribution in [2.45, 2.75) is 20.3 Å². The molecule has 2 rings (SSSR count). The zero-order chi connectivity index (χ0) is 10.3. The summed E-state index contributed by atoms with van der Waals surface area (Å²) in [7, 11) is 0. The van der Waals surface area contributed by atoms with E-state index in [1.807, 2.05) is 38.1 Å². The molecule has 0 amide bonds. The van der Waals surface area contributed by atoms with Crippen molar-refractivity contribution in [3.63, 3.8) is 0 Å². The van der Waals surface area contributed by atoms with Crippen molar-refractivity contribution in [2.24, 2.45) is 5.41 Å². The van der Waals surface area contributed by atoms with E-state index in [-0.39, 0.29) is 11.2 Å². The highest BCUT2D eigenvalue weighted by molar-refractivity contribution is 6.06. The number of ketones is 1. The highest BCUT2D eigenvalue weighted by Crippen LogP contribution is 2.40. The monoisotopic (exact) mass is 186 g/mol. The third kappa shape index (κ3) is 1.05. The van der Waals surface area contributed by atoms with Crippen LogP contribution in [0.1, 0.15) is 29.8 Å². The molecule has 0 radical (unpaired) electrons. The Kier molecular flexibility index (Phi) is 1.84. The second kappa shape index (κ2) is 2.81. The largest absolute Gasteiger partial charge is 0.293 e. The summed E-state index contributed by atoms with van der Waals surface area (Å²) in [5, 5.41) is 0. The Hall–Kier alpha value is -1.37. The first-order valence-corrected chi connectivity index (χ1v) is 4.84. The van der Waals surface area contributed by atoms with Gasteiger partial charge in [-0.15, -0.1) is 0 Å². The molecular weight excluding hydrogens is 172 g/mol. The number of hydrogen-bond donors (Lipinski definition) is 0. The van der Waals surface area contributed by atoms with Crippen molar-refractivity contribution in [3.8, 4) is 0 Å². The van der Waals surface area contributed by atoms with Gasteiger partial charge in [0, 0.05) is 5.56 Å². The fraction of sp³-hybridized carbons (Fsp3) is 0.308. The highest BCUT2D eigenvalue weighted by atomic mass is 16.1. The van der Waals surface area contributed by atoms with Gasteiger partial charge in [0.15, 0.2) is 5.78 Å². The molecule has 1 aromatic carbocycles. The van der Waals surface area contributed by atoms with Crippen LogP contribution in [0.25, 0.3) is 0 Å². The Morgan fingerprint density at radius 3 is 2.64 bits per heavy atom. The number of benzene rings is 1. The predicted molar refractivity (Wildman–Crippen MR) is 57.4 cm³/mol. The zero-order valence-electron chi connectivity index (χ0n) is 8.63. The molecule has 0 bridgehead atoms. The molecule has 72 valence electrons. The van der Waals surface area contributed by atoms with E-state index in [1.165, 1.54) is 0 Å². The van der Waals surface area contributed by atoms with E-state index in [0.29, 0.717) is 0 Å². The van der Waals surface area contributed by atoms with E-state index in [0.717, 1.165) is 23.1 Å². The summed E-state index contributed by atoms with van der Waals surface area (Å²) in [6.07, 6.45) is 0.803. The average molecular weight is 186 g/mol. The Bertz CT molecular complexity index is 417. The lowest BCUT2D eigenvalue weighted by molar-refractivity contribution is 0.0881. The summed E-state index contributed by atoms with van der Waals surface area (Å²) in [6.45, 7) is 7.84. The van der Waals surface area contributed by atoms with E-state index < -0.39 is 0 Å². The van der Waals surface area contributed by atoms with Gasteiger partial charge in [0.25, 0.3) is 0 Å². The zero-order valence-corrected chi connectivity index (χ0v) is 8.63. The summed E-state index contributed by atoms with van der Waals surface area (Å²) in [6, 6.07) is 7.84. The maximum absolute atomic E-state index is 12.1. The first-order chi connectivity index (χ1) is 6.55. The van der Waals surface area contributed by atoms with Gasteiger partial charge in [0.1, 0.15) is 0 Å². The number of fused-ring (bicyclic) bond motifs is 1. The van der Waals surface area contributed by atoms with Crippen molar-refractivity contribution in [1.29, 1.82) is 0 Å². The van der Waals surface area contributed by atoms with Crippen LogP contribution in [0.2, 0.25) is 0 Å². The first-order valence-electron chi connectivity index (χ1n) is 4.84. The molecule has 1 nitrogen and oxygen atoms in total. The van der Waals surface area contributed by atoms with Crippen LogP contribution < -0.4 is 0 Å². The summed E-state index contributed by atoms with van der Waals surface area (Å²) in [4.78, 5) is 12.1. The Morgan fingerprint density at radius 1 is 1.43 bits per heavy atom. The quantitative estimate of drug-likeness (QED) is 0.616. The third-order valence-electron chi connectivity index (χ3n) is 3.25. The van der Waals surface area contributed by atoms with E-state index >= 15 is 0 Å². The van der Waals surface area contributed by atoms with Crippen LogP contribution in [0.3, 0.4) is 0 Å². The van der Waals surface area contributed by atoms with Crippen LogP contribution in [0.5, 0.6) is 0 Å². The molecule has 1 aliphatic carbocycles. The van der Waals surface area contributed by atoms with Gasteiger partial charge in [-0.2, -0.15) is 0 Å². The molecule has 0 saturated heterocycles. The second-order valence-corrected chi connectivity index (χ2v) is 4.28. The van der Waals surface area contributed by atoms with Crippen molar-refractivity contribution in [2.75, 3.05) is 0 Å². The number of allylic oxidation sites excluding steroid dienone is 1. The van der Waals surface area contributed by atoms with Gasteiger partial charge in [-0.05, 0) is 25.8 Å². The predicted octanol–water partition coefficient (Wildman–Crippen LogP) is 3.01. The van der Waals surface area contributed by atoms with Crippen molar-refractivity contribution in [3.05, 3.63) is 47.5 Å². The van der Waals surface area contributed by atoms with Crippen LogP contribution in [0.4, 0.5) is 0 Å². The standard InChI is InChI=1S/C13H14O/c1-9(2)13(3)8-10-6-4-5-7-11(10)12(13)14/h4-7H,1,8H2,2-3H3/t13-/m0/s1. The van der Waals surface area contributed by atoms with Gasteiger partial charge >= 0.3 is 0 Å². The maximum atomic E-state index is 12.1. The summed E-state index contributed by atoms with van der Waals surface area (Å²) < 4.78 is 0. The molecule has 1 heteroatoms. The van der Waals surface area contributed by atoms with Gasteiger partial charge in [-0.1, -0.05) is 36.4 Å². The van der Waals surface area contributed by atoms with Crippen LogP contribution >= 0.6 is 0 Å². The van der Waals surface area contributed by atoms with Gasteiger partial charge in [-0.3, -0.25) is 4.79 Å². The summed E-state index contributed by atoms with van der Waals surface area (Å²) in [5.74, 6) is 0.223. The minimum absolute atomic E-state index is 0.223. The molecule has 0 N–H and O–H groups in total. The lowest BCUT2D eigenvalue weighted by atomic mass is 9.80. The number of carbonyl (C=O) groups is 1. The van der Waals surface area contributed by atoms with Gasteiger partial charge in [0.2, 0.25) is 0 Å². The minimum atomic E-state index is -0.371. The van der Waals surface area contributed by atoms with Crippen molar-refractivity contribution >= 4 is 5.78 Å². The topological polar surface area (TPSA) is 17.1 Å².